The lowest BCUT2D eigenvalue weighted by Gasteiger charge is -2.07. The Labute approximate surface area is 144 Å². The Morgan fingerprint density at radius 1 is 1.29 bits per heavy atom. The molecule has 6 nitrogen and oxygen atoms in total. The van der Waals surface area contributed by atoms with E-state index in [0.29, 0.717) is 12.1 Å². The van der Waals surface area contributed by atoms with Gasteiger partial charge in [0.25, 0.3) is 5.91 Å². The Balaban J connectivity index is 1.71. The highest BCUT2D eigenvalue weighted by Gasteiger charge is 2.17. The molecule has 0 aliphatic carbocycles. The smallest absolute Gasteiger partial charge is 0.252 e. The number of nitrogens with zero attached hydrogens (tertiary/aromatic N) is 4. The van der Waals surface area contributed by atoms with Crippen LogP contribution in [0.2, 0.25) is 0 Å². The largest absolute Gasteiger partial charge is 0.352 e. The highest BCUT2D eigenvalue weighted by atomic mass is 32.1. The van der Waals surface area contributed by atoms with E-state index in [2.05, 4.69) is 20.4 Å². The van der Waals surface area contributed by atoms with Crippen LogP contribution in [0.1, 0.15) is 38.7 Å². The molecule has 3 aromatic heterocycles. The number of nitrogens with one attached hydrogen (secondary N) is 1. The minimum absolute atomic E-state index is 0.0670. The SMILES string of the molecule is Cc1cc(C(=O)NCCCc2scnc2C)c2c(C)nn(C)c2n1. The van der Waals surface area contributed by atoms with E-state index in [9.17, 15) is 4.79 Å². The van der Waals surface area contributed by atoms with Crippen LogP contribution in [0.3, 0.4) is 0 Å². The number of hydrogen-bond donors (Lipinski definition) is 1. The second-order valence-electron chi connectivity index (χ2n) is 5.94. The van der Waals surface area contributed by atoms with E-state index < -0.39 is 0 Å². The lowest BCUT2D eigenvalue weighted by atomic mass is 10.1. The molecular weight excluding hydrogens is 322 g/mol. The van der Waals surface area contributed by atoms with Crippen LogP contribution in [-0.4, -0.2) is 32.2 Å². The van der Waals surface area contributed by atoms with Crippen LogP contribution in [0, 0.1) is 20.8 Å². The fourth-order valence-corrected chi connectivity index (χ4v) is 3.68. The molecule has 0 saturated heterocycles. The predicted octanol–water partition coefficient (Wildman–Crippen LogP) is 2.71. The van der Waals surface area contributed by atoms with Crippen molar-refractivity contribution >= 4 is 28.3 Å². The van der Waals surface area contributed by atoms with E-state index in [-0.39, 0.29) is 5.91 Å². The van der Waals surface area contributed by atoms with Gasteiger partial charge in [-0.25, -0.2) is 9.97 Å². The van der Waals surface area contributed by atoms with Gasteiger partial charge in [0.1, 0.15) is 0 Å². The molecule has 0 bridgehead atoms. The highest BCUT2D eigenvalue weighted by Crippen LogP contribution is 2.21. The standard InChI is InChI=1S/C17H21N5OS/c1-10-8-13(15-12(3)21-22(4)16(15)20-10)17(23)18-7-5-6-14-11(2)19-9-24-14/h8-9H,5-7H2,1-4H3,(H,18,23). The summed E-state index contributed by atoms with van der Waals surface area (Å²) in [5.74, 6) is -0.0670. The van der Waals surface area contributed by atoms with E-state index in [0.717, 1.165) is 41.0 Å². The third kappa shape index (κ3) is 3.17. The first-order chi connectivity index (χ1) is 11.5. The molecule has 7 heteroatoms. The zero-order valence-electron chi connectivity index (χ0n) is 14.4. The van der Waals surface area contributed by atoms with Gasteiger partial charge in [-0.1, -0.05) is 0 Å². The molecule has 0 aliphatic rings. The molecule has 0 fully saturated rings. The first-order valence-corrected chi connectivity index (χ1v) is 8.83. The average molecular weight is 343 g/mol. The molecule has 1 N–H and O–H groups in total. The summed E-state index contributed by atoms with van der Waals surface area (Å²) in [4.78, 5) is 22.6. The number of rotatable bonds is 5. The molecule has 0 atom stereocenters. The fraction of sp³-hybridized carbons (Fsp3) is 0.412. The summed E-state index contributed by atoms with van der Waals surface area (Å²) in [6.45, 7) is 6.46. The van der Waals surface area contributed by atoms with Crippen LogP contribution in [-0.2, 0) is 13.5 Å². The van der Waals surface area contributed by atoms with E-state index in [1.165, 1.54) is 4.88 Å². The molecule has 0 radical (unpaired) electrons. The van der Waals surface area contributed by atoms with Crippen LogP contribution in [0.15, 0.2) is 11.6 Å². The zero-order valence-corrected chi connectivity index (χ0v) is 15.2. The van der Waals surface area contributed by atoms with E-state index in [1.807, 2.05) is 39.4 Å². The van der Waals surface area contributed by atoms with Gasteiger partial charge >= 0.3 is 0 Å². The van der Waals surface area contributed by atoms with Crippen molar-refractivity contribution < 1.29 is 4.79 Å². The minimum Gasteiger partial charge on any atom is -0.352 e. The van der Waals surface area contributed by atoms with Crippen molar-refractivity contribution in [3.05, 3.63) is 39.1 Å². The normalized spacial score (nSPS) is 11.2. The minimum atomic E-state index is -0.0670. The van der Waals surface area contributed by atoms with Crippen molar-refractivity contribution in [2.45, 2.75) is 33.6 Å². The lowest BCUT2D eigenvalue weighted by molar-refractivity contribution is 0.0954. The molecule has 0 spiro atoms. The van der Waals surface area contributed by atoms with Gasteiger partial charge in [0.05, 0.1) is 27.8 Å². The second-order valence-corrected chi connectivity index (χ2v) is 6.88. The Hall–Kier alpha value is -2.28. The Morgan fingerprint density at radius 2 is 2.08 bits per heavy atom. The fourth-order valence-electron chi connectivity index (χ4n) is 2.86. The topological polar surface area (TPSA) is 72.7 Å². The maximum Gasteiger partial charge on any atom is 0.252 e. The number of amides is 1. The molecule has 24 heavy (non-hydrogen) atoms. The maximum atomic E-state index is 12.6. The third-order valence-corrected chi connectivity index (χ3v) is 5.05. The van der Waals surface area contributed by atoms with E-state index in [4.69, 9.17) is 0 Å². The van der Waals surface area contributed by atoms with Gasteiger partial charge in [0.2, 0.25) is 0 Å². The van der Waals surface area contributed by atoms with Gasteiger partial charge in [-0.15, -0.1) is 11.3 Å². The van der Waals surface area contributed by atoms with Crippen LogP contribution in [0.25, 0.3) is 11.0 Å². The molecule has 3 heterocycles. The number of thiazole rings is 1. The Morgan fingerprint density at radius 3 is 2.79 bits per heavy atom. The molecule has 0 unspecified atom stereocenters. The van der Waals surface area contributed by atoms with Crippen molar-refractivity contribution in [3.63, 3.8) is 0 Å². The highest BCUT2D eigenvalue weighted by molar-refractivity contribution is 7.09. The Bertz CT molecular complexity index is 896. The van der Waals surface area contributed by atoms with Crippen LogP contribution >= 0.6 is 11.3 Å². The number of aromatic nitrogens is 4. The summed E-state index contributed by atoms with van der Waals surface area (Å²) in [6, 6.07) is 1.83. The number of hydrogen-bond acceptors (Lipinski definition) is 5. The molecule has 0 aromatic carbocycles. The first-order valence-electron chi connectivity index (χ1n) is 7.95. The molecule has 3 aromatic rings. The first kappa shape index (κ1) is 16.6. The number of fused-ring (bicyclic) bond motifs is 1. The van der Waals surface area contributed by atoms with Crippen LogP contribution < -0.4 is 5.32 Å². The van der Waals surface area contributed by atoms with Gasteiger partial charge in [-0.05, 0) is 39.7 Å². The van der Waals surface area contributed by atoms with Crippen LogP contribution in [0.4, 0.5) is 0 Å². The molecule has 1 amide bonds. The molecule has 0 aliphatic heterocycles. The van der Waals surface area contributed by atoms with Gasteiger partial charge in [0, 0.05) is 24.2 Å². The monoisotopic (exact) mass is 343 g/mol. The summed E-state index contributed by atoms with van der Waals surface area (Å²) in [6.07, 6.45) is 1.83. The number of aryl methyl sites for hydroxylation is 5. The number of pyridine rings is 1. The van der Waals surface area contributed by atoms with Crippen molar-refractivity contribution in [1.29, 1.82) is 0 Å². The molecule has 0 saturated carbocycles. The predicted molar refractivity (Wildman–Crippen MR) is 95.5 cm³/mol. The summed E-state index contributed by atoms with van der Waals surface area (Å²) >= 11 is 1.67. The van der Waals surface area contributed by atoms with E-state index >= 15 is 0 Å². The molecule has 3 rings (SSSR count). The molecular formula is C17H21N5OS. The van der Waals surface area contributed by atoms with E-state index in [1.54, 1.807) is 16.0 Å². The van der Waals surface area contributed by atoms with Gasteiger partial charge in [0.15, 0.2) is 5.65 Å². The summed E-state index contributed by atoms with van der Waals surface area (Å²) in [7, 11) is 1.85. The lowest BCUT2D eigenvalue weighted by Crippen LogP contribution is -2.25. The number of carbonyl (C=O) groups is 1. The Kier molecular flexibility index (Phi) is 4.62. The quantitative estimate of drug-likeness (QED) is 0.723. The summed E-state index contributed by atoms with van der Waals surface area (Å²) in [5, 5.41) is 8.23. The van der Waals surface area contributed by atoms with Crippen LogP contribution in [0.5, 0.6) is 0 Å². The van der Waals surface area contributed by atoms with Crippen molar-refractivity contribution in [3.8, 4) is 0 Å². The maximum absolute atomic E-state index is 12.6. The van der Waals surface area contributed by atoms with Gasteiger partial charge < -0.3 is 5.32 Å². The van der Waals surface area contributed by atoms with Crippen molar-refractivity contribution in [2.24, 2.45) is 7.05 Å². The third-order valence-electron chi connectivity index (χ3n) is 4.05. The second kappa shape index (κ2) is 6.68. The van der Waals surface area contributed by atoms with Crippen molar-refractivity contribution in [1.82, 2.24) is 25.1 Å². The summed E-state index contributed by atoms with van der Waals surface area (Å²) < 4.78 is 1.72. The van der Waals surface area contributed by atoms with Gasteiger partial charge in [-0.3, -0.25) is 9.48 Å². The number of carbonyl (C=O) groups excluding carboxylic acids is 1. The summed E-state index contributed by atoms with van der Waals surface area (Å²) in [5.41, 5.74) is 5.99. The average Bonchev–Trinajstić information content (AvgIpc) is 3.06. The molecule has 126 valence electrons. The van der Waals surface area contributed by atoms with Crippen molar-refractivity contribution in [2.75, 3.05) is 6.54 Å². The van der Waals surface area contributed by atoms with Gasteiger partial charge in [-0.2, -0.15) is 5.10 Å². The zero-order chi connectivity index (χ0) is 17.3.